The van der Waals surface area contributed by atoms with Crippen molar-refractivity contribution in [1.82, 2.24) is 0 Å². The van der Waals surface area contributed by atoms with Crippen LogP contribution in [0.5, 0.6) is 11.5 Å². The fraction of sp³-hybridized carbons (Fsp3) is 0.788. The Balaban J connectivity index is 2.03. The van der Waals surface area contributed by atoms with E-state index in [1.807, 2.05) is 13.8 Å². The molecule has 0 spiro atoms. The van der Waals surface area contributed by atoms with Crippen molar-refractivity contribution in [2.24, 2.45) is 5.92 Å². The number of hydrogen-bond donors (Lipinski definition) is 3. The lowest BCUT2D eigenvalue weighted by Gasteiger charge is -2.27. The molecule has 3 N–H and O–H groups in total. The second-order valence-corrected chi connectivity index (χ2v) is 12.0. The molecule has 4 nitrogen and oxygen atoms in total. The zero-order valence-electron chi connectivity index (χ0n) is 24.4. The van der Waals surface area contributed by atoms with Crippen molar-refractivity contribution in [1.29, 1.82) is 0 Å². The maximum atomic E-state index is 11.8. The Morgan fingerprint density at radius 2 is 1.14 bits per heavy atom. The molecule has 0 aromatic heterocycles. The summed E-state index contributed by atoms with van der Waals surface area (Å²) in [6.45, 7) is 6.32. The zero-order chi connectivity index (χ0) is 27.4. The molecule has 4 heteroatoms. The molecule has 0 saturated heterocycles. The molecule has 1 rings (SSSR count). The number of aliphatic carboxylic acids is 1. The van der Waals surface area contributed by atoms with Crippen molar-refractivity contribution >= 4 is 5.97 Å². The molecule has 0 bridgehead atoms. The molecule has 0 fully saturated rings. The maximum Gasteiger partial charge on any atom is 0.306 e. The minimum Gasteiger partial charge on any atom is -0.508 e. The Morgan fingerprint density at radius 3 is 1.54 bits per heavy atom. The van der Waals surface area contributed by atoms with Crippen LogP contribution in [0.2, 0.25) is 0 Å². The van der Waals surface area contributed by atoms with Gasteiger partial charge in [-0.2, -0.15) is 0 Å². The van der Waals surface area contributed by atoms with Crippen molar-refractivity contribution in [2.75, 3.05) is 0 Å². The number of phenolic OH excluding ortho intramolecular Hbond substituents is 2. The summed E-state index contributed by atoms with van der Waals surface area (Å²) in [5, 5.41) is 29.4. The van der Waals surface area contributed by atoms with Crippen LogP contribution in [0.1, 0.15) is 161 Å². The fourth-order valence-electron chi connectivity index (χ4n) is 5.45. The van der Waals surface area contributed by atoms with Crippen molar-refractivity contribution in [2.45, 2.75) is 161 Å². The van der Waals surface area contributed by atoms with Crippen LogP contribution in [0.15, 0.2) is 18.2 Å². The van der Waals surface area contributed by atoms with E-state index in [1.54, 1.807) is 12.1 Å². The number of phenols is 2. The topological polar surface area (TPSA) is 77.8 Å². The lowest BCUT2D eigenvalue weighted by molar-refractivity contribution is -0.142. The summed E-state index contributed by atoms with van der Waals surface area (Å²) in [7, 11) is 0. The van der Waals surface area contributed by atoms with Crippen LogP contribution in [0.25, 0.3) is 0 Å². The van der Waals surface area contributed by atoms with E-state index in [2.05, 4.69) is 6.92 Å². The van der Waals surface area contributed by atoms with Gasteiger partial charge in [0, 0.05) is 6.07 Å². The van der Waals surface area contributed by atoms with Crippen LogP contribution in [0.4, 0.5) is 0 Å². The highest BCUT2D eigenvalue weighted by Crippen LogP contribution is 2.37. The van der Waals surface area contributed by atoms with Gasteiger partial charge >= 0.3 is 5.97 Å². The highest BCUT2D eigenvalue weighted by Gasteiger charge is 2.27. The number of rotatable bonds is 24. The summed E-state index contributed by atoms with van der Waals surface area (Å²) >= 11 is 0. The van der Waals surface area contributed by atoms with Gasteiger partial charge in [0.05, 0.1) is 5.92 Å². The molecule has 37 heavy (non-hydrogen) atoms. The predicted molar refractivity (Wildman–Crippen MR) is 157 cm³/mol. The van der Waals surface area contributed by atoms with E-state index in [1.165, 1.54) is 109 Å². The summed E-state index contributed by atoms with van der Waals surface area (Å²) in [5.74, 6) is -0.938. The number of carboxylic acid groups (broad SMARTS) is 1. The van der Waals surface area contributed by atoms with E-state index in [-0.39, 0.29) is 22.8 Å². The largest absolute Gasteiger partial charge is 0.508 e. The third-order valence-corrected chi connectivity index (χ3v) is 8.08. The molecule has 1 aromatic rings. The highest BCUT2D eigenvalue weighted by atomic mass is 16.4. The number of benzene rings is 1. The van der Waals surface area contributed by atoms with Crippen LogP contribution in [-0.4, -0.2) is 21.3 Å². The second-order valence-electron chi connectivity index (χ2n) is 12.0. The molecule has 0 aliphatic heterocycles. The van der Waals surface area contributed by atoms with E-state index in [0.29, 0.717) is 12.8 Å². The molecule has 1 atom stereocenters. The van der Waals surface area contributed by atoms with Crippen LogP contribution >= 0.6 is 0 Å². The van der Waals surface area contributed by atoms with Gasteiger partial charge in [-0.3, -0.25) is 4.79 Å². The quantitative estimate of drug-likeness (QED) is 0.119. The van der Waals surface area contributed by atoms with Gasteiger partial charge in [-0.25, -0.2) is 0 Å². The maximum absolute atomic E-state index is 11.8. The van der Waals surface area contributed by atoms with Crippen molar-refractivity contribution < 1.29 is 20.1 Å². The Hall–Kier alpha value is -1.71. The molecule has 1 aromatic carbocycles. The standard InChI is InChI=1S/C33H58O4/c1-4-5-6-7-8-9-10-11-12-13-14-15-16-17-18-19-20-21-22-28(32(36)37)25-26-33(2,3)30-24-23-29(34)27-31(30)35/h23-24,27-28,34-35H,4-22,25-26H2,1-3H3,(H,36,37). The zero-order valence-corrected chi connectivity index (χ0v) is 24.4. The number of aromatic hydroxyl groups is 2. The van der Waals surface area contributed by atoms with Gasteiger partial charge in [0.1, 0.15) is 11.5 Å². The molecule has 0 heterocycles. The molecule has 0 aliphatic carbocycles. The Labute approximate surface area is 228 Å². The number of unbranched alkanes of at least 4 members (excludes halogenated alkanes) is 17. The average molecular weight is 519 g/mol. The summed E-state index contributed by atoms with van der Waals surface area (Å²) < 4.78 is 0. The first kappa shape index (κ1) is 33.3. The number of carbonyl (C=O) groups is 1. The molecule has 0 saturated carbocycles. The van der Waals surface area contributed by atoms with Gasteiger partial charge in [0.15, 0.2) is 0 Å². The number of hydrogen-bond acceptors (Lipinski definition) is 3. The summed E-state index contributed by atoms with van der Waals surface area (Å²) in [4.78, 5) is 11.8. The van der Waals surface area contributed by atoms with E-state index in [9.17, 15) is 20.1 Å². The minimum absolute atomic E-state index is 0.0366. The molecule has 214 valence electrons. The first-order valence-corrected chi connectivity index (χ1v) is 15.5. The van der Waals surface area contributed by atoms with E-state index >= 15 is 0 Å². The third kappa shape index (κ3) is 16.0. The highest BCUT2D eigenvalue weighted by molar-refractivity contribution is 5.69. The van der Waals surface area contributed by atoms with E-state index in [4.69, 9.17) is 0 Å². The second kappa shape index (κ2) is 20.3. The van der Waals surface area contributed by atoms with Crippen molar-refractivity contribution in [3.63, 3.8) is 0 Å². The van der Waals surface area contributed by atoms with Crippen LogP contribution in [0, 0.1) is 5.92 Å². The third-order valence-electron chi connectivity index (χ3n) is 8.08. The van der Waals surface area contributed by atoms with Gasteiger partial charge in [0.2, 0.25) is 0 Å². The molecule has 0 radical (unpaired) electrons. The molecular formula is C33H58O4. The van der Waals surface area contributed by atoms with Gasteiger partial charge < -0.3 is 15.3 Å². The molecule has 0 aliphatic rings. The lowest BCUT2D eigenvalue weighted by atomic mass is 9.77. The summed E-state index contributed by atoms with van der Waals surface area (Å²) in [5.41, 5.74) is 0.405. The normalized spacial score (nSPS) is 12.6. The van der Waals surface area contributed by atoms with Crippen LogP contribution in [0.3, 0.4) is 0 Å². The van der Waals surface area contributed by atoms with Gasteiger partial charge in [0.25, 0.3) is 0 Å². The molecular weight excluding hydrogens is 460 g/mol. The van der Waals surface area contributed by atoms with Gasteiger partial charge in [-0.15, -0.1) is 0 Å². The monoisotopic (exact) mass is 518 g/mol. The fourth-order valence-corrected chi connectivity index (χ4v) is 5.45. The Morgan fingerprint density at radius 1 is 0.703 bits per heavy atom. The SMILES string of the molecule is CCCCCCCCCCCCCCCCCCCCC(CCC(C)(C)c1ccc(O)cc1O)C(=O)O. The Bertz CT molecular complexity index is 712. The first-order valence-electron chi connectivity index (χ1n) is 15.5. The van der Waals surface area contributed by atoms with E-state index < -0.39 is 5.97 Å². The smallest absolute Gasteiger partial charge is 0.306 e. The van der Waals surface area contributed by atoms with Crippen LogP contribution < -0.4 is 0 Å². The first-order chi connectivity index (χ1) is 17.8. The van der Waals surface area contributed by atoms with Gasteiger partial charge in [-0.1, -0.05) is 142 Å². The number of carboxylic acids is 1. The van der Waals surface area contributed by atoms with Crippen LogP contribution in [-0.2, 0) is 10.2 Å². The van der Waals surface area contributed by atoms with Gasteiger partial charge in [-0.05, 0) is 36.3 Å². The van der Waals surface area contributed by atoms with Crippen molar-refractivity contribution in [3.05, 3.63) is 23.8 Å². The minimum atomic E-state index is -0.710. The van der Waals surface area contributed by atoms with Crippen molar-refractivity contribution in [3.8, 4) is 11.5 Å². The molecule has 0 amide bonds. The summed E-state index contributed by atoms with van der Waals surface area (Å²) in [6.07, 6.45) is 26.1. The van der Waals surface area contributed by atoms with E-state index in [0.717, 1.165) is 24.8 Å². The lowest BCUT2D eigenvalue weighted by Crippen LogP contribution is -2.22. The Kier molecular flexibility index (Phi) is 18.3. The summed E-state index contributed by atoms with van der Waals surface area (Å²) in [6, 6.07) is 4.66. The molecule has 1 unspecified atom stereocenters. The predicted octanol–water partition coefficient (Wildman–Crippen LogP) is 10.3. The average Bonchev–Trinajstić information content (AvgIpc) is 2.84.